The number of nitrogens with one attached hydrogen (secondary N) is 1. The standard InChI is InChI=1S/C16H23NO2/c1-4-5-6-10-17-16(18)12-19-15-9-7-8-14(11-15)13(2)3/h4-5,7-9,11,13H,6,10,12H2,1-3H3,(H,17,18)/b5-4+. The third-order valence-corrected chi connectivity index (χ3v) is 2.76. The molecular formula is C16H23NO2. The van der Waals surface area contributed by atoms with Crippen molar-refractivity contribution in [2.24, 2.45) is 0 Å². The molecule has 0 bridgehead atoms. The smallest absolute Gasteiger partial charge is 0.257 e. The summed E-state index contributed by atoms with van der Waals surface area (Å²) in [4.78, 5) is 11.5. The lowest BCUT2D eigenvalue weighted by atomic mass is 10.0. The van der Waals surface area contributed by atoms with Crippen LogP contribution in [0.15, 0.2) is 36.4 Å². The summed E-state index contributed by atoms with van der Waals surface area (Å²) in [5, 5.41) is 2.81. The Hall–Kier alpha value is -1.77. The van der Waals surface area contributed by atoms with Gasteiger partial charge in [0.1, 0.15) is 5.75 Å². The van der Waals surface area contributed by atoms with Crippen molar-refractivity contribution in [2.45, 2.75) is 33.1 Å². The van der Waals surface area contributed by atoms with Crippen LogP contribution in [0.2, 0.25) is 0 Å². The molecule has 19 heavy (non-hydrogen) atoms. The zero-order chi connectivity index (χ0) is 14.1. The average molecular weight is 261 g/mol. The lowest BCUT2D eigenvalue weighted by molar-refractivity contribution is -0.123. The fourth-order valence-corrected chi connectivity index (χ4v) is 1.62. The van der Waals surface area contributed by atoms with Crippen molar-refractivity contribution in [1.29, 1.82) is 0 Å². The predicted molar refractivity (Wildman–Crippen MR) is 78.5 cm³/mol. The van der Waals surface area contributed by atoms with E-state index >= 15 is 0 Å². The fourth-order valence-electron chi connectivity index (χ4n) is 1.62. The first-order valence-electron chi connectivity index (χ1n) is 6.74. The molecule has 1 aromatic rings. The molecule has 1 rings (SSSR count). The first-order chi connectivity index (χ1) is 9.13. The number of allylic oxidation sites excluding steroid dienone is 1. The number of rotatable bonds is 7. The lowest BCUT2D eigenvalue weighted by Crippen LogP contribution is -2.29. The van der Waals surface area contributed by atoms with Gasteiger partial charge in [-0.3, -0.25) is 4.79 Å². The molecule has 0 aromatic heterocycles. The Labute approximate surface area is 115 Å². The monoisotopic (exact) mass is 261 g/mol. The molecule has 0 saturated carbocycles. The Morgan fingerprint density at radius 2 is 2.21 bits per heavy atom. The van der Waals surface area contributed by atoms with Crippen LogP contribution in [0.5, 0.6) is 5.75 Å². The van der Waals surface area contributed by atoms with E-state index in [2.05, 4.69) is 25.2 Å². The van der Waals surface area contributed by atoms with Gasteiger partial charge in [-0.25, -0.2) is 0 Å². The van der Waals surface area contributed by atoms with Crippen molar-refractivity contribution in [3.8, 4) is 5.75 Å². The molecule has 0 radical (unpaired) electrons. The molecule has 104 valence electrons. The maximum atomic E-state index is 11.5. The summed E-state index contributed by atoms with van der Waals surface area (Å²) >= 11 is 0. The Balaban J connectivity index is 2.35. The van der Waals surface area contributed by atoms with Crippen molar-refractivity contribution in [1.82, 2.24) is 5.32 Å². The van der Waals surface area contributed by atoms with E-state index in [1.165, 1.54) is 5.56 Å². The van der Waals surface area contributed by atoms with Gasteiger partial charge in [0.05, 0.1) is 0 Å². The van der Waals surface area contributed by atoms with Crippen molar-refractivity contribution >= 4 is 5.91 Å². The summed E-state index contributed by atoms with van der Waals surface area (Å²) in [5.41, 5.74) is 1.21. The molecule has 3 nitrogen and oxygen atoms in total. The Bertz CT molecular complexity index is 425. The second kappa shape index (κ2) is 8.35. The summed E-state index contributed by atoms with van der Waals surface area (Å²) in [6.45, 7) is 6.95. The SMILES string of the molecule is C/C=C/CCNC(=O)COc1cccc(C(C)C)c1. The minimum atomic E-state index is -0.0838. The van der Waals surface area contributed by atoms with E-state index in [0.717, 1.165) is 12.2 Å². The summed E-state index contributed by atoms with van der Waals surface area (Å²) in [5.74, 6) is 1.12. The normalized spacial score (nSPS) is 10.9. The van der Waals surface area contributed by atoms with Gasteiger partial charge in [-0.1, -0.05) is 38.1 Å². The highest BCUT2D eigenvalue weighted by atomic mass is 16.5. The molecule has 3 heteroatoms. The molecule has 1 aromatic carbocycles. The van der Waals surface area contributed by atoms with Crippen LogP contribution < -0.4 is 10.1 Å². The molecule has 0 aliphatic rings. The van der Waals surface area contributed by atoms with Crippen LogP contribution in [0.4, 0.5) is 0 Å². The predicted octanol–water partition coefficient (Wildman–Crippen LogP) is 3.27. The molecule has 0 saturated heterocycles. The molecule has 0 aliphatic heterocycles. The largest absolute Gasteiger partial charge is 0.484 e. The van der Waals surface area contributed by atoms with Gasteiger partial charge in [-0.2, -0.15) is 0 Å². The molecule has 0 unspecified atom stereocenters. The first kappa shape index (κ1) is 15.3. The molecule has 0 fully saturated rings. The van der Waals surface area contributed by atoms with E-state index in [0.29, 0.717) is 12.5 Å². The third-order valence-electron chi connectivity index (χ3n) is 2.76. The molecule has 0 aliphatic carbocycles. The van der Waals surface area contributed by atoms with Gasteiger partial charge < -0.3 is 10.1 Å². The van der Waals surface area contributed by atoms with Gasteiger partial charge in [0.15, 0.2) is 6.61 Å². The van der Waals surface area contributed by atoms with Crippen molar-refractivity contribution in [3.63, 3.8) is 0 Å². The maximum Gasteiger partial charge on any atom is 0.257 e. The van der Waals surface area contributed by atoms with E-state index in [9.17, 15) is 4.79 Å². The molecule has 0 heterocycles. The van der Waals surface area contributed by atoms with Gasteiger partial charge >= 0.3 is 0 Å². The highest BCUT2D eigenvalue weighted by molar-refractivity contribution is 5.77. The topological polar surface area (TPSA) is 38.3 Å². The number of carbonyl (C=O) groups is 1. The minimum absolute atomic E-state index is 0.0669. The number of hydrogen-bond donors (Lipinski definition) is 1. The van der Waals surface area contributed by atoms with Crippen molar-refractivity contribution < 1.29 is 9.53 Å². The van der Waals surface area contributed by atoms with Gasteiger partial charge in [-0.15, -0.1) is 0 Å². The maximum absolute atomic E-state index is 11.5. The fraction of sp³-hybridized carbons (Fsp3) is 0.438. The number of benzene rings is 1. The van der Waals surface area contributed by atoms with Crippen molar-refractivity contribution in [3.05, 3.63) is 42.0 Å². The van der Waals surface area contributed by atoms with Crippen LogP contribution in [0.1, 0.15) is 38.7 Å². The van der Waals surface area contributed by atoms with Crippen molar-refractivity contribution in [2.75, 3.05) is 13.2 Å². The highest BCUT2D eigenvalue weighted by Gasteiger charge is 2.04. The minimum Gasteiger partial charge on any atom is -0.484 e. The van der Waals surface area contributed by atoms with E-state index in [-0.39, 0.29) is 12.5 Å². The van der Waals surface area contributed by atoms with E-state index < -0.39 is 0 Å². The molecular weight excluding hydrogens is 238 g/mol. The summed E-state index contributed by atoms with van der Waals surface area (Å²) in [7, 11) is 0. The first-order valence-corrected chi connectivity index (χ1v) is 6.74. The second-order valence-electron chi connectivity index (χ2n) is 4.72. The number of hydrogen-bond acceptors (Lipinski definition) is 2. The number of carbonyl (C=O) groups excluding carboxylic acids is 1. The van der Waals surface area contributed by atoms with Crippen LogP contribution in [-0.4, -0.2) is 19.1 Å². The Morgan fingerprint density at radius 1 is 1.42 bits per heavy atom. The summed E-state index contributed by atoms with van der Waals surface area (Å²) in [6.07, 6.45) is 4.85. The van der Waals surface area contributed by atoms with Gasteiger partial charge in [0.25, 0.3) is 5.91 Å². The summed E-state index contributed by atoms with van der Waals surface area (Å²) in [6, 6.07) is 7.88. The van der Waals surface area contributed by atoms with Crippen LogP contribution in [0.3, 0.4) is 0 Å². The quantitative estimate of drug-likeness (QED) is 0.604. The molecule has 1 amide bonds. The van der Waals surface area contributed by atoms with Crippen LogP contribution >= 0.6 is 0 Å². The van der Waals surface area contributed by atoms with Gasteiger partial charge in [0, 0.05) is 6.54 Å². The zero-order valence-electron chi connectivity index (χ0n) is 12.0. The van der Waals surface area contributed by atoms with Crippen LogP contribution in [0.25, 0.3) is 0 Å². The Morgan fingerprint density at radius 3 is 2.89 bits per heavy atom. The number of amides is 1. The van der Waals surface area contributed by atoms with Crippen LogP contribution in [0, 0.1) is 0 Å². The van der Waals surface area contributed by atoms with E-state index in [1.807, 2.05) is 37.3 Å². The van der Waals surface area contributed by atoms with Gasteiger partial charge in [-0.05, 0) is 37.0 Å². The highest BCUT2D eigenvalue weighted by Crippen LogP contribution is 2.19. The average Bonchev–Trinajstić information content (AvgIpc) is 2.41. The lowest BCUT2D eigenvalue weighted by Gasteiger charge is -2.10. The van der Waals surface area contributed by atoms with Crippen LogP contribution in [-0.2, 0) is 4.79 Å². The number of ether oxygens (including phenoxy) is 1. The molecule has 1 N–H and O–H groups in total. The Kier molecular flexibility index (Phi) is 6.72. The molecule has 0 spiro atoms. The van der Waals surface area contributed by atoms with E-state index in [1.54, 1.807) is 0 Å². The van der Waals surface area contributed by atoms with E-state index in [4.69, 9.17) is 4.74 Å². The summed E-state index contributed by atoms with van der Waals surface area (Å²) < 4.78 is 5.49. The zero-order valence-corrected chi connectivity index (χ0v) is 12.0. The third kappa shape index (κ3) is 6.09. The van der Waals surface area contributed by atoms with Gasteiger partial charge in [0.2, 0.25) is 0 Å². The molecule has 0 atom stereocenters. The second-order valence-corrected chi connectivity index (χ2v) is 4.72.